The number of aromatic nitrogens is 3. The molecule has 1 saturated carbocycles. The standard InChI is InChI=1S/C30H37N7O3/c1-2-26(38)33-23-8-11-30(12-9-23)10-3-13-37(19-30)29(39)34-22-6-4-21(5-7-22)25-18-24-27(35-25)31-20-32-28(24)36-14-16-40-17-15-36/h2,4-7,18,20,23H,1,3,8-17,19H2,(H,33,38)(H,34,39)(H,31,32,35). The number of piperidine rings is 1. The van der Waals surface area contributed by atoms with Gasteiger partial charge in [0.25, 0.3) is 0 Å². The van der Waals surface area contributed by atoms with Crippen LogP contribution in [0.1, 0.15) is 38.5 Å². The van der Waals surface area contributed by atoms with Gasteiger partial charge in [0.15, 0.2) is 0 Å². The quantitative estimate of drug-likeness (QED) is 0.413. The van der Waals surface area contributed by atoms with Crippen LogP contribution in [0, 0.1) is 5.41 Å². The molecule has 3 N–H and O–H groups in total. The van der Waals surface area contributed by atoms with E-state index in [1.54, 1.807) is 6.33 Å². The van der Waals surface area contributed by atoms with Crippen LogP contribution in [0.4, 0.5) is 16.3 Å². The molecule has 210 valence electrons. The van der Waals surface area contributed by atoms with E-state index in [0.29, 0.717) is 13.2 Å². The Morgan fingerprint density at radius 2 is 1.85 bits per heavy atom. The first kappa shape index (κ1) is 26.3. The number of morpholine rings is 1. The lowest BCUT2D eigenvalue weighted by molar-refractivity contribution is -0.117. The predicted octanol–water partition coefficient (Wildman–Crippen LogP) is 4.32. The van der Waals surface area contributed by atoms with Crippen molar-refractivity contribution in [1.82, 2.24) is 25.2 Å². The fraction of sp³-hybridized carbons (Fsp3) is 0.467. The monoisotopic (exact) mass is 543 g/mol. The smallest absolute Gasteiger partial charge is 0.321 e. The Hall–Kier alpha value is -3.92. The Morgan fingerprint density at radius 1 is 1.07 bits per heavy atom. The Balaban J connectivity index is 1.09. The molecule has 2 saturated heterocycles. The summed E-state index contributed by atoms with van der Waals surface area (Å²) in [6.45, 7) is 8.10. The van der Waals surface area contributed by atoms with Gasteiger partial charge in [-0.3, -0.25) is 4.79 Å². The first-order valence-electron chi connectivity index (χ1n) is 14.3. The van der Waals surface area contributed by atoms with E-state index in [1.165, 1.54) is 6.08 Å². The maximum absolute atomic E-state index is 13.2. The van der Waals surface area contributed by atoms with E-state index in [1.807, 2.05) is 29.2 Å². The highest BCUT2D eigenvalue weighted by atomic mass is 16.5. The SMILES string of the molecule is C=CC(=O)NC1CCC2(CCCN(C(=O)Nc3ccc(-c4cc5c(N6CCOCC6)ncnc5[nH]4)cc3)C2)CC1. The Kier molecular flexibility index (Phi) is 7.42. The highest BCUT2D eigenvalue weighted by molar-refractivity contribution is 5.93. The number of anilines is 2. The van der Waals surface area contributed by atoms with E-state index in [2.05, 4.69) is 43.1 Å². The molecule has 3 amide bonds. The number of benzene rings is 1. The van der Waals surface area contributed by atoms with Gasteiger partial charge in [-0.1, -0.05) is 18.7 Å². The summed E-state index contributed by atoms with van der Waals surface area (Å²) in [4.78, 5) is 41.5. The number of nitrogens with zero attached hydrogens (tertiary/aromatic N) is 4. The van der Waals surface area contributed by atoms with E-state index in [0.717, 1.165) is 98.5 Å². The van der Waals surface area contributed by atoms with Gasteiger partial charge in [0.05, 0.1) is 18.6 Å². The number of urea groups is 1. The number of amides is 3. The number of likely N-dealkylation sites (tertiary alicyclic amines) is 1. The number of nitrogens with one attached hydrogen (secondary N) is 3. The van der Waals surface area contributed by atoms with Crippen molar-refractivity contribution in [3.05, 3.63) is 49.3 Å². The molecule has 10 heteroatoms. The molecule has 1 aromatic carbocycles. The third kappa shape index (κ3) is 5.54. The second kappa shape index (κ2) is 11.3. The molecule has 0 atom stereocenters. The van der Waals surface area contributed by atoms with E-state index >= 15 is 0 Å². The Morgan fingerprint density at radius 3 is 2.60 bits per heavy atom. The van der Waals surface area contributed by atoms with Gasteiger partial charge in [0.1, 0.15) is 17.8 Å². The summed E-state index contributed by atoms with van der Waals surface area (Å²) in [5, 5.41) is 7.13. The van der Waals surface area contributed by atoms with Gasteiger partial charge >= 0.3 is 6.03 Å². The number of H-pyrrole nitrogens is 1. The third-order valence-corrected chi connectivity index (χ3v) is 8.69. The molecular weight excluding hydrogens is 506 g/mol. The van der Waals surface area contributed by atoms with Crippen molar-refractivity contribution in [3.8, 4) is 11.3 Å². The van der Waals surface area contributed by atoms with Crippen LogP contribution >= 0.6 is 0 Å². The number of carbonyl (C=O) groups excluding carboxylic acids is 2. The van der Waals surface area contributed by atoms with Crippen LogP contribution in [0.15, 0.2) is 49.3 Å². The topological polar surface area (TPSA) is 115 Å². The van der Waals surface area contributed by atoms with Gasteiger partial charge in [0.2, 0.25) is 5.91 Å². The molecule has 1 aliphatic carbocycles. The van der Waals surface area contributed by atoms with Gasteiger partial charge in [0, 0.05) is 43.6 Å². The zero-order chi connectivity index (χ0) is 27.5. The second-order valence-corrected chi connectivity index (χ2v) is 11.3. The van der Waals surface area contributed by atoms with Crippen molar-refractivity contribution >= 4 is 34.5 Å². The maximum Gasteiger partial charge on any atom is 0.321 e. The zero-order valence-electron chi connectivity index (χ0n) is 22.8. The molecule has 2 aliphatic heterocycles. The van der Waals surface area contributed by atoms with E-state index in [9.17, 15) is 9.59 Å². The number of hydrogen-bond acceptors (Lipinski definition) is 6. The van der Waals surface area contributed by atoms with Crippen LogP contribution < -0.4 is 15.5 Å². The van der Waals surface area contributed by atoms with Gasteiger partial charge in [-0.2, -0.15) is 0 Å². The van der Waals surface area contributed by atoms with Crippen LogP contribution in [0.5, 0.6) is 0 Å². The average Bonchev–Trinajstić information content (AvgIpc) is 3.44. The number of fused-ring (bicyclic) bond motifs is 1. The second-order valence-electron chi connectivity index (χ2n) is 11.3. The van der Waals surface area contributed by atoms with Crippen molar-refractivity contribution in [2.45, 2.75) is 44.6 Å². The predicted molar refractivity (Wildman–Crippen MR) is 155 cm³/mol. The van der Waals surface area contributed by atoms with Crippen LogP contribution in [0.2, 0.25) is 0 Å². The minimum Gasteiger partial charge on any atom is -0.378 e. The lowest BCUT2D eigenvalue weighted by atomic mass is 9.68. The van der Waals surface area contributed by atoms with Crippen molar-refractivity contribution in [3.63, 3.8) is 0 Å². The van der Waals surface area contributed by atoms with Crippen molar-refractivity contribution in [1.29, 1.82) is 0 Å². The molecule has 0 radical (unpaired) electrons. The van der Waals surface area contributed by atoms with Crippen LogP contribution in [-0.4, -0.2) is 77.2 Å². The molecule has 6 rings (SSSR count). The molecular formula is C30H37N7O3. The molecule has 3 fully saturated rings. The van der Waals surface area contributed by atoms with Crippen molar-refractivity contribution in [2.24, 2.45) is 5.41 Å². The van der Waals surface area contributed by atoms with Crippen molar-refractivity contribution < 1.29 is 14.3 Å². The molecule has 40 heavy (non-hydrogen) atoms. The molecule has 3 aliphatic rings. The summed E-state index contributed by atoms with van der Waals surface area (Å²) in [5.74, 6) is 0.821. The number of hydrogen-bond donors (Lipinski definition) is 3. The largest absolute Gasteiger partial charge is 0.378 e. The van der Waals surface area contributed by atoms with Crippen LogP contribution in [-0.2, 0) is 9.53 Å². The van der Waals surface area contributed by atoms with Crippen LogP contribution in [0.3, 0.4) is 0 Å². The molecule has 10 nitrogen and oxygen atoms in total. The summed E-state index contributed by atoms with van der Waals surface area (Å²) in [5.41, 5.74) is 3.70. The van der Waals surface area contributed by atoms with Crippen LogP contribution in [0.25, 0.3) is 22.3 Å². The minimum absolute atomic E-state index is 0.0510. The number of ether oxygens (including phenoxy) is 1. The fourth-order valence-corrected chi connectivity index (χ4v) is 6.47. The lowest BCUT2D eigenvalue weighted by Crippen LogP contribution is -2.50. The molecule has 4 heterocycles. The number of rotatable bonds is 5. The molecule has 3 aromatic rings. The average molecular weight is 544 g/mol. The normalized spacial score (nSPS) is 23.2. The summed E-state index contributed by atoms with van der Waals surface area (Å²) in [6, 6.07) is 10.2. The lowest BCUT2D eigenvalue weighted by Gasteiger charge is -2.46. The molecule has 2 aromatic heterocycles. The number of carbonyl (C=O) groups is 2. The highest BCUT2D eigenvalue weighted by Gasteiger charge is 2.40. The molecule has 1 spiro atoms. The van der Waals surface area contributed by atoms with E-state index in [4.69, 9.17) is 4.74 Å². The van der Waals surface area contributed by atoms with E-state index in [-0.39, 0.29) is 23.4 Å². The molecule has 0 bridgehead atoms. The van der Waals surface area contributed by atoms with Gasteiger partial charge in [-0.05, 0) is 73.8 Å². The van der Waals surface area contributed by atoms with E-state index < -0.39 is 0 Å². The molecule has 0 unspecified atom stereocenters. The first-order valence-corrected chi connectivity index (χ1v) is 14.3. The summed E-state index contributed by atoms with van der Waals surface area (Å²) in [6.07, 6.45) is 9.02. The van der Waals surface area contributed by atoms with Crippen molar-refractivity contribution in [2.75, 3.05) is 49.6 Å². The number of aromatic amines is 1. The fourth-order valence-electron chi connectivity index (χ4n) is 6.47. The van der Waals surface area contributed by atoms with Gasteiger partial charge in [-0.15, -0.1) is 0 Å². The zero-order valence-corrected chi connectivity index (χ0v) is 22.8. The summed E-state index contributed by atoms with van der Waals surface area (Å²) in [7, 11) is 0. The Labute approximate surface area is 234 Å². The minimum atomic E-state index is -0.104. The highest BCUT2D eigenvalue weighted by Crippen LogP contribution is 2.43. The van der Waals surface area contributed by atoms with Gasteiger partial charge < -0.3 is 30.2 Å². The summed E-state index contributed by atoms with van der Waals surface area (Å²) < 4.78 is 5.49. The van der Waals surface area contributed by atoms with Gasteiger partial charge in [-0.25, -0.2) is 14.8 Å². The Bertz CT molecular complexity index is 1370. The maximum atomic E-state index is 13.2. The summed E-state index contributed by atoms with van der Waals surface area (Å²) >= 11 is 0. The first-order chi connectivity index (χ1) is 19.5. The third-order valence-electron chi connectivity index (χ3n) is 8.69.